The number of aliphatic hydroxyl groups is 1. The van der Waals surface area contributed by atoms with Crippen LogP contribution in [0, 0.1) is 6.92 Å². The summed E-state index contributed by atoms with van der Waals surface area (Å²) in [6.07, 6.45) is 2.58. The lowest BCUT2D eigenvalue weighted by Gasteiger charge is -2.43. The normalized spacial score (nSPS) is 16.9. The number of hydrogen-bond donors (Lipinski definition) is 4. The van der Waals surface area contributed by atoms with Crippen LogP contribution in [0.5, 0.6) is 0 Å². The average Bonchev–Trinajstić information content (AvgIpc) is 3.52. The lowest BCUT2D eigenvalue weighted by Crippen LogP contribution is -2.54. The van der Waals surface area contributed by atoms with Gasteiger partial charge in [0.2, 0.25) is 0 Å². The van der Waals surface area contributed by atoms with Crippen LogP contribution in [0.4, 0.5) is 16.2 Å². The van der Waals surface area contributed by atoms with Gasteiger partial charge in [-0.2, -0.15) is 0 Å². The second-order valence-electron chi connectivity index (χ2n) is 12.1. The van der Waals surface area contributed by atoms with Gasteiger partial charge in [0, 0.05) is 75.9 Å². The van der Waals surface area contributed by atoms with Gasteiger partial charge in [-0.15, -0.1) is 0 Å². The van der Waals surface area contributed by atoms with Crippen molar-refractivity contribution < 1.29 is 19.4 Å². The number of aromatic nitrogens is 3. The van der Waals surface area contributed by atoms with Crippen molar-refractivity contribution >= 4 is 40.1 Å². The number of ether oxygens (including phenoxy) is 2. The number of halogens is 1. The van der Waals surface area contributed by atoms with Crippen molar-refractivity contribution in [3.63, 3.8) is 0 Å². The number of H-pyrrole nitrogens is 2. The lowest BCUT2D eigenvalue weighted by atomic mass is 10.0. The monoisotopic (exact) mass is 663 g/mol. The molecule has 2 aromatic heterocycles. The number of benzene rings is 2. The number of methoxy groups -OCH3 is 1. The van der Waals surface area contributed by atoms with Crippen LogP contribution in [-0.4, -0.2) is 108 Å². The van der Waals surface area contributed by atoms with Gasteiger partial charge in [-0.25, -0.2) is 9.78 Å². The zero-order valence-electron chi connectivity index (χ0n) is 26.8. The minimum absolute atomic E-state index is 0.188. The molecule has 13 heteroatoms. The smallest absolute Gasteiger partial charge is 0.409 e. The SMILES string of the molecule is COCCOC(=O)N1CCN(C2CCN(c3cc(C)c4nc(-c5c(NC[C@@H](O)c6cccc(Cl)c6)cc[nH]c5=O)[nH]c4c3)CC2)CC1. The van der Waals surface area contributed by atoms with Crippen LogP contribution in [0.2, 0.25) is 5.02 Å². The molecule has 0 radical (unpaired) electrons. The Bertz CT molecular complexity index is 1740. The molecule has 4 aromatic rings. The zero-order valence-corrected chi connectivity index (χ0v) is 27.6. The fourth-order valence-corrected chi connectivity index (χ4v) is 6.73. The van der Waals surface area contributed by atoms with E-state index in [-0.39, 0.29) is 24.8 Å². The zero-order chi connectivity index (χ0) is 32.9. The molecule has 1 amide bonds. The molecule has 47 heavy (non-hydrogen) atoms. The standard InChI is InChI=1S/C34H42ClN7O5/c1-22-18-26(40-10-7-25(8-11-40)41-12-14-42(15-13-41)34(45)47-17-16-46-2)20-28-31(22)39-32(38-28)30-27(6-9-36-33(30)44)37-21-29(43)23-4-3-5-24(35)19-23/h3-6,9,18-20,25,29,43H,7-8,10-17,21H2,1-2H3,(H,38,39)(H2,36,37,44)/t29-/m1/s1. The Morgan fingerprint density at radius 2 is 1.89 bits per heavy atom. The maximum absolute atomic E-state index is 13.1. The highest BCUT2D eigenvalue weighted by atomic mass is 35.5. The summed E-state index contributed by atoms with van der Waals surface area (Å²) in [6, 6.07) is 13.6. The van der Waals surface area contributed by atoms with E-state index in [1.807, 2.05) is 13.0 Å². The Labute approximate surface area is 278 Å². The number of aromatic amines is 2. The molecule has 2 aliphatic rings. The summed E-state index contributed by atoms with van der Waals surface area (Å²) >= 11 is 6.10. The Kier molecular flexibility index (Phi) is 10.3. The van der Waals surface area contributed by atoms with Crippen molar-refractivity contribution in [3.8, 4) is 11.4 Å². The summed E-state index contributed by atoms with van der Waals surface area (Å²) < 4.78 is 10.2. The number of pyridine rings is 1. The van der Waals surface area contributed by atoms with E-state index in [4.69, 9.17) is 26.1 Å². The Morgan fingerprint density at radius 1 is 1.11 bits per heavy atom. The van der Waals surface area contributed by atoms with E-state index in [1.54, 1.807) is 42.5 Å². The minimum atomic E-state index is -0.815. The molecule has 0 aliphatic carbocycles. The van der Waals surface area contributed by atoms with Crippen molar-refractivity contribution in [1.82, 2.24) is 24.8 Å². The number of carbonyl (C=O) groups is 1. The van der Waals surface area contributed by atoms with Crippen molar-refractivity contribution in [1.29, 1.82) is 0 Å². The average molecular weight is 664 g/mol. The molecule has 4 heterocycles. The van der Waals surface area contributed by atoms with Gasteiger partial charge in [-0.3, -0.25) is 9.69 Å². The van der Waals surface area contributed by atoms with Crippen molar-refractivity contribution in [2.75, 3.05) is 76.4 Å². The summed E-state index contributed by atoms with van der Waals surface area (Å²) in [4.78, 5) is 43.0. The number of imidazole rings is 1. The molecule has 2 saturated heterocycles. The number of piperidine rings is 1. The number of aliphatic hydroxyl groups excluding tert-OH is 1. The lowest BCUT2D eigenvalue weighted by molar-refractivity contribution is 0.0453. The molecule has 0 saturated carbocycles. The van der Waals surface area contributed by atoms with E-state index in [2.05, 4.69) is 37.2 Å². The molecular formula is C34H42ClN7O5. The number of carbonyl (C=O) groups excluding carboxylic acids is 1. The summed E-state index contributed by atoms with van der Waals surface area (Å²) in [5.41, 5.74) is 5.17. The van der Waals surface area contributed by atoms with E-state index in [1.165, 1.54) is 0 Å². The Balaban J connectivity index is 1.10. The largest absolute Gasteiger partial charge is 0.447 e. The first-order valence-electron chi connectivity index (χ1n) is 16.1. The molecule has 6 rings (SSSR count). The van der Waals surface area contributed by atoms with Crippen LogP contribution in [-0.2, 0) is 9.47 Å². The van der Waals surface area contributed by atoms with E-state index < -0.39 is 6.10 Å². The van der Waals surface area contributed by atoms with E-state index in [9.17, 15) is 14.7 Å². The molecule has 0 spiro atoms. The topological polar surface area (TPSA) is 139 Å². The van der Waals surface area contributed by atoms with Gasteiger partial charge in [0.05, 0.1) is 29.4 Å². The number of fused-ring (bicyclic) bond motifs is 1. The third kappa shape index (κ3) is 7.57. The van der Waals surface area contributed by atoms with E-state index >= 15 is 0 Å². The number of amides is 1. The second-order valence-corrected chi connectivity index (χ2v) is 12.6. The number of hydrogen-bond acceptors (Lipinski definition) is 9. The number of nitrogens with one attached hydrogen (secondary N) is 3. The molecule has 2 fully saturated rings. The van der Waals surface area contributed by atoms with Gasteiger partial charge < -0.3 is 39.7 Å². The first-order valence-corrected chi connectivity index (χ1v) is 16.5. The van der Waals surface area contributed by atoms with Crippen LogP contribution in [0.1, 0.15) is 30.1 Å². The predicted molar refractivity (Wildman–Crippen MR) is 183 cm³/mol. The molecule has 2 aromatic carbocycles. The second kappa shape index (κ2) is 14.8. The summed E-state index contributed by atoms with van der Waals surface area (Å²) in [7, 11) is 1.59. The molecule has 1 atom stereocenters. The summed E-state index contributed by atoms with van der Waals surface area (Å²) in [5.74, 6) is 0.460. The summed E-state index contributed by atoms with van der Waals surface area (Å²) in [6.45, 7) is 7.81. The van der Waals surface area contributed by atoms with Crippen LogP contribution in [0.3, 0.4) is 0 Å². The van der Waals surface area contributed by atoms with Gasteiger partial charge in [0.25, 0.3) is 5.56 Å². The molecular weight excluding hydrogens is 622 g/mol. The fraction of sp³-hybridized carbons (Fsp3) is 0.441. The first kappa shape index (κ1) is 32.8. The van der Waals surface area contributed by atoms with E-state index in [0.29, 0.717) is 53.4 Å². The van der Waals surface area contributed by atoms with Crippen LogP contribution in [0.15, 0.2) is 53.5 Å². The third-order valence-electron chi connectivity index (χ3n) is 9.11. The number of aryl methyl sites for hydroxylation is 1. The number of rotatable bonds is 10. The molecule has 12 nitrogen and oxygen atoms in total. The number of anilines is 2. The van der Waals surface area contributed by atoms with Gasteiger partial charge >= 0.3 is 6.09 Å². The van der Waals surface area contributed by atoms with Crippen LogP contribution >= 0.6 is 11.6 Å². The van der Waals surface area contributed by atoms with Gasteiger partial charge in [0.15, 0.2) is 0 Å². The number of piperazine rings is 1. The van der Waals surface area contributed by atoms with E-state index in [0.717, 1.165) is 61.3 Å². The first-order chi connectivity index (χ1) is 22.8. The molecule has 2 aliphatic heterocycles. The maximum atomic E-state index is 13.1. The molecule has 0 unspecified atom stereocenters. The third-order valence-corrected chi connectivity index (χ3v) is 9.35. The van der Waals surface area contributed by atoms with Crippen molar-refractivity contribution in [2.45, 2.75) is 31.9 Å². The van der Waals surface area contributed by atoms with Crippen LogP contribution in [0.25, 0.3) is 22.4 Å². The minimum Gasteiger partial charge on any atom is -0.447 e. The Morgan fingerprint density at radius 3 is 2.64 bits per heavy atom. The van der Waals surface area contributed by atoms with Crippen LogP contribution < -0.4 is 15.8 Å². The van der Waals surface area contributed by atoms with Crippen molar-refractivity contribution in [3.05, 3.63) is 75.2 Å². The summed E-state index contributed by atoms with van der Waals surface area (Å²) in [5, 5.41) is 14.5. The predicted octanol–water partition coefficient (Wildman–Crippen LogP) is 4.39. The molecule has 0 bridgehead atoms. The fourth-order valence-electron chi connectivity index (χ4n) is 6.53. The van der Waals surface area contributed by atoms with Gasteiger partial charge in [-0.05, 0) is 61.2 Å². The molecule has 4 N–H and O–H groups in total. The highest BCUT2D eigenvalue weighted by Gasteiger charge is 2.30. The molecule has 250 valence electrons. The quantitative estimate of drug-likeness (QED) is 0.182. The van der Waals surface area contributed by atoms with Gasteiger partial charge in [0.1, 0.15) is 18.0 Å². The highest BCUT2D eigenvalue weighted by Crippen LogP contribution is 2.31. The van der Waals surface area contributed by atoms with Crippen molar-refractivity contribution in [2.24, 2.45) is 0 Å². The van der Waals surface area contributed by atoms with Gasteiger partial charge in [-0.1, -0.05) is 23.7 Å². The Hall–Kier alpha value is -4.10. The maximum Gasteiger partial charge on any atom is 0.409 e. The highest BCUT2D eigenvalue weighted by molar-refractivity contribution is 6.30. The number of nitrogens with zero attached hydrogens (tertiary/aromatic N) is 4.